The Bertz CT molecular complexity index is 1010. The van der Waals surface area contributed by atoms with Crippen LogP contribution in [-0.2, 0) is 10.0 Å². The molecule has 0 aliphatic heterocycles. The maximum absolute atomic E-state index is 12.3. The summed E-state index contributed by atoms with van der Waals surface area (Å²) in [5.74, 6) is -1.18. The lowest BCUT2D eigenvalue weighted by Gasteiger charge is -2.04. The zero-order chi connectivity index (χ0) is 17.3. The van der Waals surface area contributed by atoms with Crippen molar-refractivity contribution < 1.29 is 18.3 Å². The summed E-state index contributed by atoms with van der Waals surface area (Å²) in [6, 6.07) is 8.10. The van der Waals surface area contributed by atoms with E-state index in [4.69, 9.17) is 16.7 Å². The number of halogens is 1. The Labute approximate surface area is 146 Å². The molecule has 0 spiro atoms. The zero-order valence-electron chi connectivity index (χ0n) is 11.9. The van der Waals surface area contributed by atoms with Crippen LogP contribution in [0, 0.1) is 0 Å². The average Bonchev–Trinajstić information content (AvgIpc) is 3.16. The number of hydrogen-bond donors (Lipinski definition) is 2. The van der Waals surface area contributed by atoms with Crippen molar-refractivity contribution in [2.75, 3.05) is 4.72 Å². The molecule has 3 aromatic rings. The molecule has 1 aromatic carbocycles. The maximum atomic E-state index is 12.3. The van der Waals surface area contributed by atoms with Gasteiger partial charge in [-0.05, 0) is 18.2 Å². The minimum atomic E-state index is -3.89. The highest BCUT2D eigenvalue weighted by atomic mass is 35.5. The van der Waals surface area contributed by atoms with Crippen molar-refractivity contribution in [2.24, 2.45) is 0 Å². The number of aromatic nitrogens is 2. The molecule has 0 amide bonds. The molecule has 24 heavy (non-hydrogen) atoms. The van der Waals surface area contributed by atoms with Crippen molar-refractivity contribution in [1.29, 1.82) is 0 Å². The normalized spacial score (nSPS) is 11.4. The number of aromatic carboxylic acids is 1. The first-order valence-electron chi connectivity index (χ1n) is 6.51. The molecule has 2 N–H and O–H groups in total. The summed E-state index contributed by atoms with van der Waals surface area (Å²) in [5.41, 5.74) is 0.765. The van der Waals surface area contributed by atoms with E-state index >= 15 is 0 Å². The summed E-state index contributed by atoms with van der Waals surface area (Å²) in [4.78, 5) is 10.9. The Morgan fingerprint density at radius 3 is 2.75 bits per heavy atom. The number of nitrogens with zero attached hydrogens (tertiary/aromatic N) is 2. The number of anilines is 1. The highest BCUT2D eigenvalue weighted by molar-refractivity contribution is 7.94. The van der Waals surface area contributed by atoms with Crippen LogP contribution in [0.1, 0.15) is 10.4 Å². The zero-order valence-corrected chi connectivity index (χ0v) is 14.3. The van der Waals surface area contributed by atoms with E-state index < -0.39 is 16.0 Å². The van der Waals surface area contributed by atoms with E-state index in [0.29, 0.717) is 10.7 Å². The van der Waals surface area contributed by atoms with E-state index in [1.54, 1.807) is 24.3 Å². The third-order valence-electron chi connectivity index (χ3n) is 3.02. The van der Waals surface area contributed by atoms with Gasteiger partial charge in [-0.15, -0.1) is 11.3 Å². The molecule has 0 bridgehead atoms. The lowest BCUT2D eigenvalue weighted by atomic mass is 10.3. The van der Waals surface area contributed by atoms with E-state index in [9.17, 15) is 13.2 Å². The van der Waals surface area contributed by atoms with Crippen molar-refractivity contribution in [3.8, 4) is 5.69 Å². The molecule has 3 rings (SSSR count). The second kappa shape index (κ2) is 6.27. The van der Waals surface area contributed by atoms with E-state index in [-0.39, 0.29) is 15.5 Å². The topological polar surface area (TPSA) is 101 Å². The summed E-state index contributed by atoms with van der Waals surface area (Å²) in [6.07, 6.45) is 2.82. The van der Waals surface area contributed by atoms with Gasteiger partial charge in [-0.25, -0.2) is 17.9 Å². The van der Waals surface area contributed by atoms with E-state index in [2.05, 4.69) is 9.82 Å². The smallest absolute Gasteiger partial charge is 0.336 e. The Kier molecular flexibility index (Phi) is 4.31. The number of benzene rings is 1. The average molecular weight is 384 g/mol. The molecule has 0 aliphatic rings. The molecule has 0 fully saturated rings. The monoisotopic (exact) mass is 383 g/mol. The molecular formula is C14H10ClN3O4S2. The highest BCUT2D eigenvalue weighted by Gasteiger charge is 2.20. The van der Waals surface area contributed by atoms with Crippen molar-refractivity contribution >= 4 is 44.6 Å². The van der Waals surface area contributed by atoms with Gasteiger partial charge in [-0.3, -0.25) is 4.72 Å². The minimum absolute atomic E-state index is 0.0767. The predicted octanol–water partition coefficient (Wildman–Crippen LogP) is 3.09. The van der Waals surface area contributed by atoms with E-state index in [0.717, 1.165) is 17.4 Å². The number of sulfonamides is 1. The molecule has 0 saturated heterocycles. The van der Waals surface area contributed by atoms with Gasteiger partial charge >= 0.3 is 5.97 Å². The Balaban J connectivity index is 1.86. The Morgan fingerprint density at radius 2 is 2.08 bits per heavy atom. The van der Waals surface area contributed by atoms with Crippen LogP contribution < -0.4 is 4.72 Å². The van der Waals surface area contributed by atoms with Gasteiger partial charge in [0.2, 0.25) is 0 Å². The summed E-state index contributed by atoms with van der Waals surface area (Å²) in [7, 11) is -3.89. The van der Waals surface area contributed by atoms with Crippen molar-refractivity contribution in [1.82, 2.24) is 9.78 Å². The maximum Gasteiger partial charge on any atom is 0.336 e. The van der Waals surface area contributed by atoms with Gasteiger partial charge in [-0.1, -0.05) is 23.7 Å². The van der Waals surface area contributed by atoms with Crippen LogP contribution in [0.2, 0.25) is 5.02 Å². The minimum Gasteiger partial charge on any atom is -0.478 e. The van der Waals surface area contributed by atoms with Crippen LogP contribution in [0.4, 0.5) is 5.69 Å². The van der Waals surface area contributed by atoms with Crippen molar-refractivity contribution in [3.63, 3.8) is 0 Å². The molecule has 2 heterocycles. The van der Waals surface area contributed by atoms with E-state index in [1.165, 1.54) is 22.5 Å². The molecule has 10 heteroatoms. The fraction of sp³-hybridized carbons (Fsp3) is 0. The van der Waals surface area contributed by atoms with Crippen LogP contribution >= 0.6 is 22.9 Å². The molecule has 0 atom stereocenters. The first-order valence-corrected chi connectivity index (χ1v) is 9.25. The lowest BCUT2D eigenvalue weighted by molar-refractivity contribution is 0.0697. The number of nitrogens with one attached hydrogen (secondary N) is 1. The second-order valence-electron chi connectivity index (χ2n) is 4.69. The summed E-state index contributed by atoms with van der Waals surface area (Å²) in [5, 5.41) is 14.7. The second-order valence-corrected chi connectivity index (χ2v) is 7.92. The molecule has 124 valence electrons. The quantitative estimate of drug-likeness (QED) is 0.705. The van der Waals surface area contributed by atoms with Crippen LogP contribution in [-0.4, -0.2) is 29.3 Å². The van der Waals surface area contributed by atoms with Gasteiger partial charge in [0, 0.05) is 5.38 Å². The van der Waals surface area contributed by atoms with Crippen molar-refractivity contribution in [3.05, 3.63) is 58.7 Å². The van der Waals surface area contributed by atoms with Gasteiger partial charge in [0.25, 0.3) is 10.0 Å². The summed E-state index contributed by atoms with van der Waals surface area (Å²) < 4.78 is 28.3. The number of para-hydroxylation sites is 1. The van der Waals surface area contributed by atoms with Crippen molar-refractivity contribution in [2.45, 2.75) is 4.21 Å². The summed E-state index contributed by atoms with van der Waals surface area (Å²) >= 11 is 6.91. The largest absolute Gasteiger partial charge is 0.478 e. The predicted molar refractivity (Wildman–Crippen MR) is 90.7 cm³/mol. The molecule has 0 aliphatic carbocycles. The first kappa shape index (κ1) is 16.5. The lowest BCUT2D eigenvalue weighted by Crippen LogP contribution is -2.11. The Hall–Kier alpha value is -2.36. The van der Waals surface area contributed by atoms with Gasteiger partial charge in [0.15, 0.2) is 0 Å². The number of rotatable bonds is 5. The molecule has 2 aromatic heterocycles. The van der Waals surface area contributed by atoms with Gasteiger partial charge < -0.3 is 5.11 Å². The first-order chi connectivity index (χ1) is 11.4. The van der Waals surface area contributed by atoms with Gasteiger partial charge in [0.1, 0.15) is 4.21 Å². The molecule has 0 radical (unpaired) electrons. The standard InChI is InChI=1S/C14H10ClN3O4S2/c15-11-3-1-2-4-12(11)18-7-10(6-16-18)17-24(21,22)13-5-9(8-23-13)14(19)20/h1-8,17H,(H,19,20). The number of carbonyl (C=O) groups is 1. The van der Waals surface area contributed by atoms with Crippen LogP contribution in [0.3, 0.4) is 0 Å². The van der Waals surface area contributed by atoms with Crippen LogP contribution in [0.25, 0.3) is 5.69 Å². The number of carboxylic acids is 1. The third-order valence-corrected chi connectivity index (χ3v) is 6.16. The molecule has 7 nitrogen and oxygen atoms in total. The van der Waals surface area contributed by atoms with Gasteiger partial charge in [0.05, 0.1) is 34.4 Å². The molecular weight excluding hydrogens is 374 g/mol. The van der Waals surface area contributed by atoms with E-state index in [1.807, 2.05) is 0 Å². The summed E-state index contributed by atoms with van der Waals surface area (Å²) in [6.45, 7) is 0. The van der Waals surface area contributed by atoms with Crippen LogP contribution in [0.5, 0.6) is 0 Å². The fourth-order valence-electron chi connectivity index (χ4n) is 1.92. The van der Waals surface area contributed by atoms with Crippen LogP contribution in [0.15, 0.2) is 52.3 Å². The number of thiophene rings is 1. The Morgan fingerprint density at radius 1 is 1.33 bits per heavy atom. The highest BCUT2D eigenvalue weighted by Crippen LogP contribution is 2.24. The SMILES string of the molecule is O=C(O)c1csc(S(=O)(=O)Nc2cnn(-c3ccccc3Cl)c2)c1. The van der Waals surface area contributed by atoms with Gasteiger partial charge in [-0.2, -0.15) is 5.10 Å². The number of carboxylic acid groups (broad SMARTS) is 1. The molecule has 0 unspecified atom stereocenters. The third kappa shape index (κ3) is 3.28. The molecule has 0 saturated carbocycles. The number of hydrogen-bond acceptors (Lipinski definition) is 5. The fourth-order valence-corrected chi connectivity index (χ4v) is 4.32.